The average molecular weight is 643 g/mol. The predicted molar refractivity (Wildman–Crippen MR) is 174 cm³/mol. The van der Waals surface area contributed by atoms with Crippen LogP contribution in [0, 0.1) is 0 Å². The molecule has 0 aromatic carbocycles. The van der Waals surface area contributed by atoms with Crippen LogP contribution in [0.5, 0.6) is 0 Å². The van der Waals surface area contributed by atoms with Gasteiger partial charge >= 0.3 is 24.1 Å². The molecule has 1 aliphatic rings. The van der Waals surface area contributed by atoms with Crippen LogP contribution in [-0.4, -0.2) is 112 Å². The topological polar surface area (TPSA) is 136 Å². The number of likely N-dealkylation sites (tertiary alicyclic amines) is 1. The van der Waals surface area contributed by atoms with Crippen molar-refractivity contribution in [2.45, 2.75) is 123 Å². The van der Waals surface area contributed by atoms with E-state index in [1.165, 1.54) is 19.3 Å². The maximum absolute atomic E-state index is 12.4. The molecule has 0 spiro atoms. The fourth-order valence-corrected chi connectivity index (χ4v) is 5.06. The first-order valence-corrected chi connectivity index (χ1v) is 17.5. The molecule has 0 bridgehead atoms. The highest BCUT2D eigenvalue weighted by molar-refractivity contribution is 5.70. The molecule has 12 nitrogen and oxygen atoms in total. The fourth-order valence-electron chi connectivity index (χ4n) is 5.06. The molecule has 2 unspecified atom stereocenters. The highest BCUT2D eigenvalue weighted by atomic mass is 16.6. The van der Waals surface area contributed by atoms with Gasteiger partial charge in [0.25, 0.3) is 0 Å². The number of nitrogens with one attached hydrogen (secondary N) is 2. The third kappa shape index (κ3) is 21.7. The Morgan fingerprint density at radius 3 is 1.58 bits per heavy atom. The van der Waals surface area contributed by atoms with Crippen LogP contribution in [0.25, 0.3) is 0 Å². The van der Waals surface area contributed by atoms with Crippen molar-refractivity contribution in [1.29, 1.82) is 0 Å². The zero-order valence-electron chi connectivity index (χ0n) is 28.6. The van der Waals surface area contributed by atoms with E-state index in [0.717, 1.165) is 64.7 Å². The quantitative estimate of drug-likeness (QED) is 0.0793. The molecule has 1 aliphatic heterocycles. The van der Waals surface area contributed by atoms with Crippen molar-refractivity contribution >= 4 is 24.1 Å². The number of hydrogen-bond acceptors (Lipinski definition) is 10. The number of hydrogen-bond donors (Lipinski definition) is 2. The van der Waals surface area contributed by atoms with E-state index in [0.29, 0.717) is 39.0 Å². The molecule has 0 aromatic rings. The maximum Gasteiger partial charge on any atom is 0.407 e. The van der Waals surface area contributed by atoms with Crippen LogP contribution >= 0.6 is 0 Å². The Balaban J connectivity index is 2.32. The Kier molecular flexibility index (Phi) is 23.9. The van der Waals surface area contributed by atoms with E-state index in [-0.39, 0.29) is 50.2 Å². The van der Waals surface area contributed by atoms with Gasteiger partial charge in [0, 0.05) is 39.3 Å². The molecule has 2 atom stereocenters. The molecule has 1 fully saturated rings. The number of rotatable bonds is 25. The lowest BCUT2D eigenvalue weighted by Gasteiger charge is -2.29. The molecule has 12 heteroatoms. The molecule has 0 saturated carbocycles. The molecule has 1 saturated heterocycles. The molecule has 262 valence electrons. The summed E-state index contributed by atoms with van der Waals surface area (Å²) in [5, 5.41) is 5.42. The largest absolute Gasteiger partial charge is 0.466 e. The number of carbonyl (C=O) groups is 4. The number of carbonyl (C=O) groups excluding carboxylic acids is 4. The van der Waals surface area contributed by atoms with E-state index < -0.39 is 12.2 Å². The van der Waals surface area contributed by atoms with E-state index in [1.54, 1.807) is 0 Å². The summed E-state index contributed by atoms with van der Waals surface area (Å²) in [7, 11) is 0. The second kappa shape index (κ2) is 26.6. The summed E-state index contributed by atoms with van der Waals surface area (Å²) in [5.74, 6) is -0.605. The van der Waals surface area contributed by atoms with Crippen molar-refractivity contribution in [2.24, 2.45) is 0 Å². The first-order valence-electron chi connectivity index (χ1n) is 17.5. The number of ether oxygens (including phenoxy) is 4. The molecule has 45 heavy (non-hydrogen) atoms. The van der Waals surface area contributed by atoms with Crippen LogP contribution in [0.4, 0.5) is 9.59 Å². The zero-order valence-corrected chi connectivity index (χ0v) is 28.6. The molecule has 1 rings (SSSR count). The van der Waals surface area contributed by atoms with E-state index in [2.05, 4.69) is 34.3 Å². The van der Waals surface area contributed by atoms with Gasteiger partial charge in [-0.05, 0) is 64.5 Å². The summed E-state index contributed by atoms with van der Waals surface area (Å²) in [4.78, 5) is 53.2. The summed E-state index contributed by atoms with van der Waals surface area (Å²) in [6, 6.07) is 0. The van der Waals surface area contributed by atoms with Gasteiger partial charge < -0.3 is 39.4 Å². The van der Waals surface area contributed by atoms with Crippen LogP contribution in [0.3, 0.4) is 0 Å². The monoisotopic (exact) mass is 642 g/mol. The summed E-state index contributed by atoms with van der Waals surface area (Å²) in [5.41, 5.74) is 0. The minimum Gasteiger partial charge on any atom is -0.466 e. The minimum atomic E-state index is -0.436. The number of esters is 2. The lowest BCUT2D eigenvalue weighted by atomic mass is 10.1. The Bertz CT molecular complexity index is 756. The molecular weight excluding hydrogens is 580 g/mol. The van der Waals surface area contributed by atoms with Gasteiger partial charge in [0.05, 0.1) is 26.1 Å². The third-order valence-corrected chi connectivity index (χ3v) is 7.83. The van der Waals surface area contributed by atoms with Gasteiger partial charge in [-0.1, -0.05) is 47.0 Å². The molecule has 0 aromatic heterocycles. The minimum absolute atomic E-state index is 0.0730. The van der Waals surface area contributed by atoms with Gasteiger partial charge in [0.1, 0.15) is 12.2 Å². The fraction of sp³-hybridized carbons (Fsp3) is 0.879. The number of nitrogens with zero attached hydrogens (tertiary/aromatic N) is 2. The summed E-state index contributed by atoms with van der Waals surface area (Å²) in [6.45, 7) is 14.1. The van der Waals surface area contributed by atoms with Crippen LogP contribution in [0.1, 0.15) is 111 Å². The highest BCUT2D eigenvalue weighted by Crippen LogP contribution is 2.10. The zero-order chi connectivity index (χ0) is 33.1. The summed E-state index contributed by atoms with van der Waals surface area (Å²) < 4.78 is 21.5. The van der Waals surface area contributed by atoms with E-state index in [4.69, 9.17) is 18.9 Å². The smallest absolute Gasteiger partial charge is 0.407 e. The standard InChI is InChI=1S/C33H62N4O8/c1-5-14-28(7-3)44-32(40)34-18-12-26-42-30(38)16-22-37(25-24-36-20-10-9-11-21-36)23-17-31(39)43-27-13-19-35-33(41)45-29(8-4)15-6-2/h28-29H,5-27H2,1-4H3,(H,34,40)(H,35,41). The average Bonchev–Trinajstić information content (AvgIpc) is 3.04. The van der Waals surface area contributed by atoms with E-state index >= 15 is 0 Å². The van der Waals surface area contributed by atoms with Crippen LogP contribution in [0.15, 0.2) is 0 Å². The van der Waals surface area contributed by atoms with Crippen molar-refractivity contribution in [3.05, 3.63) is 0 Å². The van der Waals surface area contributed by atoms with Crippen molar-refractivity contribution in [3.8, 4) is 0 Å². The first-order chi connectivity index (χ1) is 21.8. The molecular formula is C33H62N4O8. The second-order valence-electron chi connectivity index (χ2n) is 11.7. The Hall–Kier alpha value is -2.60. The second-order valence-corrected chi connectivity index (χ2v) is 11.7. The third-order valence-electron chi connectivity index (χ3n) is 7.83. The van der Waals surface area contributed by atoms with Crippen LogP contribution in [0.2, 0.25) is 0 Å². The molecule has 1 heterocycles. The normalized spacial score (nSPS) is 14.8. The molecule has 0 aliphatic carbocycles. The van der Waals surface area contributed by atoms with Crippen LogP contribution in [-0.2, 0) is 28.5 Å². The van der Waals surface area contributed by atoms with Crippen molar-refractivity contribution < 1.29 is 38.1 Å². The predicted octanol–water partition coefficient (Wildman–Crippen LogP) is 5.03. The number of amides is 2. The first kappa shape index (κ1) is 40.4. The number of alkyl carbamates (subject to hydrolysis) is 2. The lowest BCUT2D eigenvalue weighted by molar-refractivity contribution is -0.144. The SMILES string of the molecule is CCCC(CC)OC(=O)NCCCOC(=O)CCN(CCC(=O)OCCCNC(=O)OC(CC)CCC)CCN1CCCCC1. The van der Waals surface area contributed by atoms with Gasteiger partial charge in [-0.3, -0.25) is 9.59 Å². The molecule has 0 radical (unpaired) electrons. The van der Waals surface area contributed by atoms with E-state index in [1.807, 2.05) is 13.8 Å². The van der Waals surface area contributed by atoms with Gasteiger partial charge in [-0.2, -0.15) is 0 Å². The highest BCUT2D eigenvalue weighted by Gasteiger charge is 2.16. The van der Waals surface area contributed by atoms with Crippen LogP contribution < -0.4 is 10.6 Å². The summed E-state index contributed by atoms with van der Waals surface area (Å²) in [6.07, 6.45) is 9.26. The van der Waals surface area contributed by atoms with Crippen molar-refractivity contribution in [1.82, 2.24) is 20.4 Å². The molecule has 2 amide bonds. The lowest BCUT2D eigenvalue weighted by Crippen LogP contribution is -2.39. The Morgan fingerprint density at radius 2 is 1.16 bits per heavy atom. The van der Waals surface area contributed by atoms with Gasteiger partial charge in [0.2, 0.25) is 0 Å². The maximum atomic E-state index is 12.4. The van der Waals surface area contributed by atoms with E-state index in [9.17, 15) is 19.2 Å². The van der Waals surface area contributed by atoms with Gasteiger partial charge in [0.15, 0.2) is 0 Å². The summed E-state index contributed by atoms with van der Waals surface area (Å²) >= 11 is 0. The molecule has 2 N–H and O–H groups in total. The van der Waals surface area contributed by atoms with Gasteiger partial charge in [-0.25, -0.2) is 9.59 Å². The Labute approximate surface area is 271 Å². The van der Waals surface area contributed by atoms with Crippen molar-refractivity contribution in [2.75, 3.05) is 65.6 Å². The Morgan fingerprint density at radius 1 is 0.689 bits per heavy atom. The van der Waals surface area contributed by atoms with Crippen molar-refractivity contribution in [3.63, 3.8) is 0 Å². The van der Waals surface area contributed by atoms with Gasteiger partial charge in [-0.15, -0.1) is 0 Å². The number of piperidine rings is 1.